The quantitative estimate of drug-likeness (QED) is 0.393. The van der Waals surface area contributed by atoms with Gasteiger partial charge >= 0.3 is 0 Å². The summed E-state index contributed by atoms with van der Waals surface area (Å²) < 4.78 is 7.10. The van der Waals surface area contributed by atoms with Gasteiger partial charge in [0.15, 0.2) is 5.16 Å². The van der Waals surface area contributed by atoms with Crippen LogP contribution in [-0.2, 0) is 6.54 Å². The van der Waals surface area contributed by atoms with E-state index in [2.05, 4.69) is 11.9 Å². The number of fused-ring (bicyclic) bond motifs is 1. The average molecular weight is 314 g/mol. The molecule has 4 nitrogen and oxygen atoms in total. The van der Waals surface area contributed by atoms with Crippen molar-refractivity contribution in [3.63, 3.8) is 0 Å². The topological polar surface area (TPSA) is 48.0 Å². The van der Waals surface area contributed by atoms with E-state index in [1.807, 2.05) is 36.4 Å². The van der Waals surface area contributed by atoms with Crippen LogP contribution in [0.15, 0.2) is 57.0 Å². The van der Waals surface area contributed by atoms with Crippen molar-refractivity contribution in [1.29, 1.82) is 0 Å². The van der Waals surface area contributed by atoms with Crippen LogP contribution in [0.3, 0.4) is 0 Å². The lowest BCUT2D eigenvalue weighted by Gasteiger charge is -2.11. The van der Waals surface area contributed by atoms with E-state index in [1.54, 1.807) is 22.6 Å². The molecule has 114 valence electrons. The lowest BCUT2D eigenvalue weighted by molar-refractivity contribution is 0.476. The molecule has 0 aliphatic rings. The summed E-state index contributed by atoms with van der Waals surface area (Å²) in [5.74, 6) is 1.72. The van der Waals surface area contributed by atoms with Gasteiger partial charge in [0.05, 0.1) is 23.7 Å². The fourth-order valence-corrected chi connectivity index (χ4v) is 3.35. The van der Waals surface area contributed by atoms with Crippen LogP contribution in [0.5, 0.6) is 0 Å². The highest BCUT2D eigenvalue weighted by atomic mass is 32.2. The molecular formula is C17H18N2O2S. The summed E-state index contributed by atoms with van der Waals surface area (Å²) in [6.45, 7) is 2.57. The van der Waals surface area contributed by atoms with Crippen molar-refractivity contribution < 1.29 is 4.42 Å². The van der Waals surface area contributed by atoms with Gasteiger partial charge in [-0.2, -0.15) is 0 Å². The number of rotatable bonds is 6. The third-order valence-electron chi connectivity index (χ3n) is 3.45. The van der Waals surface area contributed by atoms with Crippen LogP contribution in [0.25, 0.3) is 10.9 Å². The molecule has 0 unspecified atom stereocenters. The van der Waals surface area contributed by atoms with Crippen LogP contribution in [0, 0.1) is 0 Å². The standard InChI is InChI=1S/C17H18N2O2S/c1-2-3-11-22-17-18-15-9-5-4-8-14(15)16(20)19(17)12-13-7-6-10-21-13/h4-10H,2-3,11-12H2,1H3. The summed E-state index contributed by atoms with van der Waals surface area (Å²) in [6, 6.07) is 11.2. The largest absolute Gasteiger partial charge is 0.467 e. The van der Waals surface area contributed by atoms with E-state index in [4.69, 9.17) is 4.42 Å². The Morgan fingerprint density at radius 3 is 2.86 bits per heavy atom. The predicted octanol–water partition coefficient (Wildman–Crippen LogP) is 3.93. The van der Waals surface area contributed by atoms with Gasteiger partial charge in [0, 0.05) is 5.75 Å². The minimum absolute atomic E-state index is 0.0130. The van der Waals surface area contributed by atoms with E-state index in [-0.39, 0.29) is 5.56 Å². The molecule has 0 amide bonds. The predicted molar refractivity (Wildman–Crippen MR) is 89.4 cm³/mol. The monoisotopic (exact) mass is 314 g/mol. The van der Waals surface area contributed by atoms with Crippen LogP contribution < -0.4 is 5.56 Å². The molecule has 0 aliphatic carbocycles. The summed E-state index contributed by atoms with van der Waals surface area (Å²) in [4.78, 5) is 17.4. The van der Waals surface area contributed by atoms with E-state index in [1.165, 1.54) is 0 Å². The van der Waals surface area contributed by atoms with Gasteiger partial charge in [-0.25, -0.2) is 4.98 Å². The zero-order valence-corrected chi connectivity index (χ0v) is 13.3. The first kappa shape index (κ1) is 14.9. The van der Waals surface area contributed by atoms with Crippen molar-refractivity contribution in [2.75, 3.05) is 5.75 Å². The number of benzene rings is 1. The molecule has 5 heteroatoms. The van der Waals surface area contributed by atoms with Gasteiger partial charge in [-0.3, -0.25) is 9.36 Å². The summed E-state index contributed by atoms with van der Waals surface area (Å²) in [7, 11) is 0. The molecule has 0 bridgehead atoms. The van der Waals surface area contributed by atoms with Crippen LogP contribution in [0.2, 0.25) is 0 Å². The SMILES string of the molecule is CCCCSc1nc2ccccc2c(=O)n1Cc1ccco1. The second-order valence-corrected chi connectivity index (χ2v) is 6.15. The second-order valence-electron chi connectivity index (χ2n) is 5.08. The first-order valence-corrected chi connectivity index (χ1v) is 8.43. The molecule has 3 aromatic rings. The Morgan fingerprint density at radius 1 is 1.23 bits per heavy atom. The number of aromatic nitrogens is 2. The van der Waals surface area contributed by atoms with Crippen molar-refractivity contribution in [3.8, 4) is 0 Å². The molecule has 0 aliphatic heterocycles. The Morgan fingerprint density at radius 2 is 2.09 bits per heavy atom. The molecule has 2 aromatic heterocycles. The number of nitrogens with zero attached hydrogens (tertiary/aromatic N) is 2. The number of hydrogen-bond donors (Lipinski definition) is 0. The maximum absolute atomic E-state index is 12.8. The molecule has 0 fully saturated rings. The summed E-state index contributed by atoms with van der Waals surface area (Å²) in [5.41, 5.74) is 0.739. The molecule has 2 heterocycles. The summed E-state index contributed by atoms with van der Waals surface area (Å²) >= 11 is 1.63. The fraction of sp³-hybridized carbons (Fsp3) is 0.294. The molecule has 3 rings (SSSR count). The molecule has 0 radical (unpaired) electrons. The van der Waals surface area contributed by atoms with Crippen molar-refractivity contribution in [2.24, 2.45) is 0 Å². The van der Waals surface area contributed by atoms with Gasteiger partial charge in [-0.1, -0.05) is 37.2 Å². The number of thioether (sulfide) groups is 1. The van der Waals surface area contributed by atoms with Crippen LogP contribution >= 0.6 is 11.8 Å². The Balaban J connectivity index is 2.06. The highest BCUT2D eigenvalue weighted by Crippen LogP contribution is 2.20. The minimum atomic E-state index is -0.0130. The number of para-hydroxylation sites is 1. The van der Waals surface area contributed by atoms with E-state index in [0.717, 1.165) is 35.0 Å². The zero-order valence-electron chi connectivity index (χ0n) is 12.5. The van der Waals surface area contributed by atoms with E-state index in [0.29, 0.717) is 11.9 Å². The molecule has 0 N–H and O–H groups in total. The second kappa shape index (κ2) is 6.83. The van der Waals surface area contributed by atoms with Crippen molar-refractivity contribution in [2.45, 2.75) is 31.5 Å². The molecule has 0 atom stereocenters. The van der Waals surface area contributed by atoms with Crippen molar-refractivity contribution in [1.82, 2.24) is 9.55 Å². The maximum Gasteiger partial charge on any atom is 0.262 e. The third kappa shape index (κ3) is 3.09. The lowest BCUT2D eigenvalue weighted by Crippen LogP contribution is -2.23. The molecule has 22 heavy (non-hydrogen) atoms. The number of furan rings is 1. The Bertz CT molecular complexity index is 809. The zero-order chi connectivity index (χ0) is 15.4. The summed E-state index contributed by atoms with van der Waals surface area (Å²) in [6.07, 6.45) is 3.86. The molecule has 0 saturated heterocycles. The van der Waals surface area contributed by atoms with Gasteiger partial charge in [0.2, 0.25) is 0 Å². The number of unbranched alkanes of at least 4 members (excludes halogenated alkanes) is 1. The van der Waals surface area contributed by atoms with Crippen LogP contribution in [0.4, 0.5) is 0 Å². The smallest absolute Gasteiger partial charge is 0.262 e. The summed E-state index contributed by atoms with van der Waals surface area (Å²) in [5, 5.41) is 1.41. The average Bonchev–Trinajstić information content (AvgIpc) is 3.04. The highest BCUT2D eigenvalue weighted by molar-refractivity contribution is 7.99. The van der Waals surface area contributed by atoms with Gasteiger partial charge in [-0.05, 0) is 30.7 Å². The normalized spacial score (nSPS) is 11.1. The Hall–Kier alpha value is -2.01. The number of hydrogen-bond acceptors (Lipinski definition) is 4. The van der Waals surface area contributed by atoms with Gasteiger partial charge < -0.3 is 4.42 Å². The molecule has 0 saturated carbocycles. The van der Waals surface area contributed by atoms with Crippen molar-refractivity contribution in [3.05, 3.63) is 58.8 Å². The minimum Gasteiger partial charge on any atom is -0.467 e. The van der Waals surface area contributed by atoms with Crippen LogP contribution in [-0.4, -0.2) is 15.3 Å². The molecule has 1 aromatic carbocycles. The Kier molecular flexibility index (Phi) is 4.63. The fourth-order valence-electron chi connectivity index (χ4n) is 2.26. The van der Waals surface area contributed by atoms with Gasteiger partial charge in [-0.15, -0.1) is 0 Å². The lowest BCUT2D eigenvalue weighted by atomic mass is 10.2. The maximum atomic E-state index is 12.8. The van der Waals surface area contributed by atoms with Crippen LogP contribution in [0.1, 0.15) is 25.5 Å². The van der Waals surface area contributed by atoms with Crippen molar-refractivity contribution >= 4 is 22.7 Å². The third-order valence-corrected chi connectivity index (χ3v) is 4.51. The van der Waals surface area contributed by atoms with Gasteiger partial charge in [0.25, 0.3) is 5.56 Å². The Labute approximate surface area is 133 Å². The van der Waals surface area contributed by atoms with E-state index >= 15 is 0 Å². The van der Waals surface area contributed by atoms with E-state index in [9.17, 15) is 4.79 Å². The highest BCUT2D eigenvalue weighted by Gasteiger charge is 2.12. The first-order valence-electron chi connectivity index (χ1n) is 7.44. The molecular weight excluding hydrogens is 296 g/mol. The van der Waals surface area contributed by atoms with E-state index < -0.39 is 0 Å². The molecule has 0 spiro atoms. The first-order chi connectivity index (χ1) is 10.8. The van der Waals surface area contributed by atoms with Gasteiger partial charge in [0.1, 0.15) is 5.76 Å².